The van der Waals surface area contributed by atoms with Gasteiger partial charge in [0, 0.05) is 0 Å². The standard InChI is InChI=1S/C14H24N2O2.C12H20N2O2/c1-13(15-11-17)9-7-5-3-4-6-8-10-14(2)16-12-18;15-11-13-9-7-5-3-1-2-4-6-8-10-14-12-16/h13-14H,3-10H2,1-2H3;1-10H2. The van der Waals surface area contributed by atoms with E-state index in [9.17, 15) is 19.2 Å². The van der Waals surface area contributed by atoms with E-state index in [1.807, 2.05) is 13.8 Å². The van der Waals surface area contributed by atoms with E-state index in [1.165, 1.54) is 51.4 Å². The van der Waals surface area contributed by atoms with Crippen LogP contribution in [-0.4, -0.2) is 49.5 Å². The molecule has 2 atom stereocenters. The number of carbonyl (C=O) groups excluding carboxylic acids is 4. The molecule has 0 N–H and O–H groups in total. The molecule has 0 aliphatic rings. The Hall–Kier alpha value is -2.48. The Labute approximate surface area is 205 Å². The van der Waals surface area contributed by atoms with Crippen molar-refractivity contribution >= 4 is 24.3 Å². The lowest BCUT2D eigenvalue weighted by Crippen LogP contribution is -1.97. The summed E-state index contributed by atoms with van der Waals surface area (Å²) in [5.74, 6) is 0. The van der Waals surface area contributed by atoms with Crippen LogP contribution in [0.1, 0.15) is 117 Å². The molecule has 0 aromatic rings. The van der Waals surface area contributed by atoms with E-state index in [1.54, 1.807) is 24.3 Å². The molecule has 0 aromatic carbocycles. The highest BCUT2D eigenvalue weighted by atomic mass is 16.1. The molecule has 0 saturated heterocycles. The van der Waals surface area contributed by atoms with Crippen molar-refractivity contribution in [3.8, 4) is 0 Å². The van der Waals surface area contributed by atoms with Crippen molar-refractivity contribution in [3.63, 3.8) is 0 Å². The summed E-state index contributed by atoms with van der Waals surface area (Å²) in [6, 6.07) is 0.231. The Bertz CT molecular complexity index is 589. The lowest BCUT2D eigenvalue weighted by molar-refractivity contribution is 0.520. The molecule has 0 amide bonds. The Morgan fingerprint density at radius 2 is 0.735 bits per heavy atom. The molecule has 0 aliphatic heterocycles. The van der Waals surface area contributed by atoms with Crippen LogP contribution >= 0.6 is 0 Å². The zero-order valence-electron chi connectivity index (χ0n) is 21.3. The van der Waals surface area contributed by atoms with Gasteiger partial charge in [0.1, 0.15) is 0 Å². The smallest absolute Gasteiger partial charge is 0.211 e. The number of rotatable bonds is 22. The van der Waals surface area contributed by atoms with E-state index in [0.717, 1.165) is 51.4 Å². The summed E-state index contributed by atoms with van der Waals surface area (Å²) >= 11 is 0. The van der Waals surface area contributed by atoms with Crippen LogP contribution in [0.4, 0.5) is 0 Å². The van der Waals surface area contributed by atoms with Crippen molar-refractivity contribution < 1.29 is 19.2 Å². The minimum absolute atomic E-state index is 0.115. The molecule has 0 rings (SSSR count). The zero-order chi connectivity index (χ0) is 25.5. The first-order valence-electron chi connectivity index (χ1n) is 12.8. The van der Waals surface area contributed by atoms with E-state index >= 15 is 0 Å². The second kappa shape index (κ2) is 30.5. The van der Waals surface area contributed by atoms with E-state index < -0.39 is 0 Å². The van der Waals surface area contributed by atoms with Gasteiger partial charge in [-0.2, -0.15) is 0 Å². The van der Waals surface area contributed by atoms with Crippen LogP contribution in [0, 0.1) is 0 Å². The van der Waals surface area contributed by atoms with Crippen molar-refractivity contribution in [1.82, 2.24) is 0 Å². The monoisotopic (exact) mass is 476 g/mol. The maximum Gasteiger partial charge on any atom is 0.235 e. The number of hydrogen-bond acceptors (Lipinski definition) is 8. The predicted octanol–water partition coefficient (Wildman–Crippen LogP) is 6.33. The summed E-state index contributed by atoms with van der Waals surface area (Å²) in [5, 5.41) is 0. The lowest BCUT2D eigenvalue weighted by atomic mass is 10.0. The Kier molecular flexibility index (Phi) is 30.2. The van der Waals surface area contributed by atoms with E-state index in [2.05, 4.69) is 20.0 Å². The first kappa shape index (κ1) is 33.7. The summed E-state index contributed by atoms with van der Waals surface area (Å²) in [6.07, 6.45) is 24.5. The van der Waals surface area contributed by atoms with Gasteiger partial charge in [0.25, 0.3) is 0 Å². The molecule has 34 heavy (non-hydrogen) atoms. The SMILES string of the molecule is CC(CCCCCCCCC(C)N=C=O)N=C=O.O=C=NCCCCCCCCCCN=C=O. The van der Waals surface area contributed by atoms with Gasteiger partial charge in [-0.3, -0.25) is 0 Å². The number of nitrogens with zero attached hydrogens (tertiary/aromatic N) is 4. The van der Waals surface area contributed by atoms with E-state index in [4.69, 9.17) is 0 Å². The normalized spacial score (nSPS) is 11.4. The van der Waals surface area contributed by atoms with Gasteiger partial charge in [-0.15, -0.1) is 0 Å². The minimum Gasteiger partial charge on any atom is -0.211 e. The van der Waals surface area contributed by atoms with Crippen LogP contribution in [0.25, 0.3) is 0 Å². The Morgan fingerprint density at radius 1 is 0.441 bits per heavy atom. The number of hydrogen-bond donors (Lipinski definition) is 0. The molecule has 0 aromatic heterocycles. The fourth-order valence-corrected chi connectivity index (χ4v) is 3.43. The van der Waals surface area contributed by atoms with E-state index in [-0.39, 0.29) is 12.1 Å². The van der Waals surface area contributed by atoms with Crippen molar-refractivity contribution in [2.24, 2.45) is 20.0 Å². The average Bonchev–Trinajstić information content (AvgIpc) is 2.82. The molecule has 0 heterocycles. The van der Waals surface area contributed by atoms with Gasteiger partial charge < -0.3 is 0 Å². The highest BCUT2D eigenvalue weighted by Gasteiger charge is 2.00. The van der Waals surface area contributed by atoms with Crippen LogP contribution in [0.15, 0.2) is 20.0 Å². The van der Waals surface area contributed by atoms with Crippen molar-refractivity contribution in [2.75, 3.05) is 13.1 Å². The van der Waals surface area contributed by atoms with Crippen LogP contribution in [0.3, 0.4) is 0 Å². The fraction of sp³-hybridized carbons (Fsp3) is 0.846. The Balaban J connectivity index is 0. The van der Waals surface area contributed by atoms with Gasteiger partial charge in [0.05, 0.1) is 25.2 Å². The predicted molar refractivity (Wildman–Crippen MR) is 135 cm³/mol. The first-order valence-corrected chi connectivity index (χ1v) is 12.8. The zero-order valence-corrected chi connectivity index (χ0v) is 21.3. The van der Waals surface area contributed by atoms with Crippen LogP contribution in [0.5, 0.6) is 0 Å². The molecular formula is C26H44N4O4. The Morgan fingerprint density at radius 3 is 1.03 bits per heavy atom. The van der Waals surface area contributed by atoms with Gasteiger partial charge >= 0.3 is 0 Å². The van der Waals surface area contributed by atoms with Crippen LogP contribution in [-0.2, 0) is 19.2 Å². The summed E-state index contributed by atoms with van der Waals surface area (Å²) in [5.41, 5.74) is 0. The molecule has 0 bridgehead atoms. The lowest BCUT2D eigenvalue weighted by Gasteiger charge is -2.05. The molecule has 0 spiro atoms. The number of unbranched alkanes of at least 4 members (excludes halogenated alkanes) is 12. The van der Waals surface area contributed by atoms with Crippen LogP contribution in [0.2, 0.25) is 0 Å². The van der Waals surface area contributed by atoms with E-state index in [0.29, 0.717) is 13.1 Å². The van der Waals surface area contributed by atoms with Gasteiger partial charge in [-0.05, 0) is 39.5 Å². The third-order valence-electron chi connectivity index (χ3n) is 5.46. The minimum atomic E-state index is 0.115. The molecule has 2 unspecified atom stereocenters. The number of isocyanates is 4. The highest BCUT2D eigenvalue weighted by Crippen LogP contribution is 2.12. The maximum atomic E-state index is 10.0. The van der Waals surface area contributed by atoms with Crippen LogP contribution < -0.4 is 0 Å². The third kappa shape index (κ3) is 31.7. The maximum absolute atomic E-state index is 10.0. The second-order valence-electron chi connectivity index (χ2n) is 8.61. The summed E-state index contributed by atoms with van der Waals surface area (Å²) in [4.78, 5) is 53.9. The van der Waals surface area contributed by atoms with Gasteiger partial charge in [-0.25, -0.2) is 39.1 Å². The highest BCUT2D eigenvalue weighted by molar-refractivity contribution is 5.33. The molecule has 0 radical (unpaired) electrons. The average molecular weight is 477 g/mol. The topological polar surface area (TPSA) is 118 Å². The number of aliphatic imine (C=N–C) groups is 4. The molecule has 0 saturated carbocycles. The van der Waals surface area contributed by atoms with Crippen molar-refractivity contribution in [1.29, 1.82) is 0 Å². The molecule has 192 valence electrons. The van der Waals surface area contributed by atoms with Gasteiger partial charge in [-0.1, -0.05) is 77.0 Å². The largest absolute Gasteiger partial charge is 0.235 e. The summed E-state index contributed by atoms with van der Waals surface area (Å²) < 4.78 is 0. The first-order chi connectivity index (χ1) is 16.6. The molecule has 8 nitrogen and oxygen atoms in total. The summed E-state index contributed by atoms with van der Waals surface area (Å²) in [6.45, 7) is 5.13. The van der Waals surface area contributed by atoms with Gasteiger partial charge in [0.15, 0.2) is 0 Å². The quantitative estimate of drug-likeness (QED) is 0.103. The van der Waals surface area contributed by atoms with Gasteiger partial charge in [0.2, 0.25) is 24.3 Å². The molecule has 0 aliphatic carbocycles. The molecular weight excluding hydrogens is 432 g/mol. The fourth-order valence-electron chi connectivity index (χ4n) is 3.43. The van der Waals surface area contributed by atoms with Crippen molar-refractivity contribution in [2.45, 2.75) is 129 Å². The summed E-state index contributed by atoms with van der Waals surface area (Å²) in [7, 11) is 0. The third-order valence-corrected chi connectivity index (χ3v) is 5.46. The molecule has 0 fully saturated rings. The second-order valence-corrected chi connectivity index (χ2v) is 8.61. The van der Waals surface area contributed by atoms with Crippen molar-refractivity contribution in [3.05, 3.63) is 0 Å². The molecule has 8 heteroatoms.